The van der Waals surface area contributed by atoms with Gasteiger partial charge in [0.1, 0.15) is 0 Å². The Balaban J connectivity index is 2.13. The van der Waals surface area contributed by atoms with Gasteiger partial charge in [0, 0.05) is 18.7 Å². The Morgan fingerprint density at radius 2 is 2.00 bits per heavy atom. The van der Waals surface area contributed by atoms with Crippen LogP contribution in [-0.4, -0.2) is 37.5 Å². The molecule has 1 aromatic rings. The molecule has 1 aliphatic carbocycles. The first-order chi connectivity index (χ1) is 9.24. The topological polar surface area (TPSA) is 32.3 Å². The Morgan fingerprint density at radius 1 is 1.32 bits per heavy atom. The molecule has 1 amide bonds. The van der Waals surface area contributed by atoms with Crippen LogP contribution in [0.4, 0.5) is 0 Å². The van der Waals surface area contributed by atoms with Gasteiger partial charge in [-0.15, -0.1) is 0 Å². The Hall–Kier alpha value is -1.35. The summed E-state index contributed by atoms with van der Waals surface area (Å²) in [6, 6.07) is 8.42. The highest BCUT2D eigenvalue weighted by Crippen LogP contribution is 2.24. The minimum absolute atomic E-state index is 0.179. The van der Waals surface area contributed by atoms with Gasteiger partial charge >= 0.3 is 0 Å². The normalized spacial score (nSPS) is 15.7. The van der Waals surface area contributed by atoms with Gasteiger partial charge < -0.3 is 10.2 Å². The van der Waals surface area contributed by atoms with E-state index in [1.54, 1.807) is 0 Å². The van der Waals surface area contributed by atoms with E-state index in [1.807, 2.05) is 37.2 Å². The van der Waals surface area contributed by atoms with Gasteiger partial charge in [0.05, 0.1) is 0 Å². The van der Waals surface area contributed by atoms with E-state index in [1.165, 1.54) is 12.8 Å². The van der Waals surface area contributed by atoms with Crippen LogP contribution >= 0.6 is 0 Å². The number of hydrogen-bond acceptors (Lipinski definition) is 2. The zero-order valence-electron chi connectivity index (χ0n) is 12.0. The van der Waals surface area contributed by atoms with Crippen molar-refractivity contribution in [3.63, 3.8) is 0 Å². The Labute approximate surface area is 116 Å². The quantitative estimate of drug-likeness (QED) is 0.882. The Kier molecular flexibility index (Phi) is 4.97. The maximum absolute atomic E-state index is 12.6. The van der Waals surface area contributed by atoms with Gasteiger partial charge in [0.2, 0.25) is 0 Å². The molecule has 0 spiro atoms. The average molecular weight is 260 g/mol. The second-order valence-corrected chi connectivity index (χ2v) is 5.37. The Bertz CT molecular complexity index is 425. The third-order valence-corrected chi connectivity index (χ3v) is 4.08. The van der Waals surface area contributed by atoms with Crippen LogP contribution < -0.4 is 5.32 Å². The summed E-state index contributed by atoms with van der Waals surface area (Å²) in [6.45, 7) is 0.900. The third kappa shape index (κ3) is 3.35. The summed E-state index contributed by atoms with van der Waals surface area (Å²) in [5.41, 5.74) is 2.01. The van der Waals surface area contributed by atoms with E-state index in [0.717, 1.165) is 36.9 Å². The summed E-state index contributed by atoms with van der Waals surface area (Å²) in [4.78, 5) is 14.6. The Morgan fingerprint density at radius 3 is 2.68 bits per heavy atom. The number of nitrogens with one attached hydrogen (secondary N) is 1. The van der Waals surface area contributed by atoms with Gasteiger partial charge in [-0.05, 0) is 44.5 Å². The van der Waals surface area contributed by atoms with E-state index < -0.39 is 0 Å². The van der Waals surface area contributed by atoms with Gasteiger partial charge in [-0.3, -0.25) is 4.79 Å². The SMILES string of the molecule is CNCCc1ccccc1C(=O)N(C)C1CCCC1. The number of nitrogens with zero attached hydrogens (tertiary/aromatic N) is 1. The van der Waals surface area contributed by atoms with Crippen LogP contribution in [0, 0.1) is 0 Å². The van der Waals surface area contributed by atoms with Crippen molar-refractivity contribution in [2.75, 3.05) is 20.6 Å². The number of benzene rings is 1. The van der Waals surface area contributed by atoms with E-state index in [2.05, 4.69) is 11.4 Å². The lowest BCUT2D eigenvalue weighted by atomic mass is 10.0. The number of likely N-dealkylation sites (N-methyl/N-ethyl adjacent to an activating group) is 1. The summed E-state index contributed by atoms with van der Waals surface area (Å²) in [7, 11) is 3.89. The molecular weight excluding hydrogens is 236 g/mol. The van der Waals surface area contributed by atoms with Crippen molar-refractivity contribution in [3.05, 3.63) is 35.4 Å². The fourth-order valence-corrected chi connectivity index (χ4v) is 2.85. The molecule has 3 heteroatoms. The first-order valence-corrected chi connectivity index (χ1v) is 7.23. The molecule has 0 radical (unpaired) electrons. The number of amides is 1. The van der Waals surface area contributed by atoms with Crippen molar-refractivity contribution in [1.29, 1.82) is 0 Å². The molecule has 1 aromatic carbocycles. The second-order valence-electron chi connectivity index (χ2n) is 5.37. The third-order valence-electron chi connectivity index (χ3n) is 4.08. The van der Waals surface area contributed by atoms with E-state index >= 15 is 0 Å². The molecule has 1 aliphatic rings. The first-order valence-electron chi connectivity index (χ1n) is 7.23. The zero-order valence-corrected chi connectivity index (χ0v) is 12.0. The van der Waals surface area contributed by atoms with Crippen molar-refractivity contribution in [1.82, 2.24) is 10.2 Å². The molecule has 0 saturated heterocycles. The number of rotatable bonds is 5. The van der Waals surface area contributed by atoms with Crippen LogP contribution in [0.5, 0.6) is 0 Å². The molecule has 0 atom stereocenters. The summed E-state index contributed by atoms with van der Waals surface area (Å²) in [5, 5.41) is 3.14. The lowest BCUT2D eigenvalue weighted by molar-refractivity contribution is 0.0734. The molecule has 2 rings (SSSR count). The summed E-state index contributed by atoms with van der Waals surface area (Å²) >= 11 is 0. The molecule has 3 nitrogen and oxygen atoms in total. The first kappa shape index (κ1) is 14.1. The monoisotopic (exact) mass is 260 g/mol. The molecule has 0 heterocycles. The van der Waals surface area contributed by atoms with Crippen LogP contribution in [-0.2, 0) is 6.42 Å². The highest BCUT2D eigenvalue weighted by Gasteiger charge is 2.25. The van der Waals surface area contributed by atoms with Gasteiger partial charge in [-0.2, -0.15) is 0 Å². The molecule has 1 fully saturated rings. The lowest BCUT2D eigenvalue weighted by Gasteiger charge is -2.25. The van der Waals surface area contributed by atoms with Crippen LogP contribution in [0.2, 0.25) is 0 Å². The van der Waals surface area contributed by atoms with Gasteiger partial charge in [0.15, 0.2) is 0 Å². The van der Waals surface area contributed by atoms with E-state index in [9.17, 15) is 4.79 Å². The standard InChI is InChI=1S/C16H24N2O/c1-17-12-11-13-7-3-6-10-15(13)16(19)18(2)14-8-4-5-9-14/h3,6-7,10,14,17H,4-5,8-9,11-12H2,1-2H3. The van der Waals surface area contributed by atoms with Crippen LogP contribution in [0.15, 0.2) is 24.3 Å². The fraction of sp³-hybridized carbons (Fsp3) is 0.562. The molecule has 0 unspecified atom stereocenters. The largest absolute Gasteiger partial charge is 0.339 e. The van der Waals surface area contributed by atoms with E-state index in [-0.39, 0.29) is 5.91 Å². The molecule has 1 saturated carbocycles. The highest BCUT2D eigenvalue weighted by atomic mass is 16.2. The van der Waals surface area contributed by atoms with E-state index in [4.69, 9.17) is 0 Å². The maximum atomic E-state index is 12.6. The molecule has 0 aliphatic heterocycles. The molecule has 1 N–H and O–H groups in total. The predicted octanol–water partition coefficient (Wildman–Crippen LogP) is 2.46. The van der Waals surface area contributed by atoms with Crippen molar-refractivity contribution in [2.45, 2.75) is 38.1 Å². The van der Waals surface area contributed by atoms with Crippen molar-refractivity contribution in [3.8, 4) is 0 Å². The second kappa shape index (κ2) is 6.71. The van der Waals surface area contributed by atoms with Crippen LogP contribution in [0.25, 0.3) is 0 Å². The van der Waals surface area contributed by atoms with Crippen LogP contribution in [0.3, 0.4) is 0 Å². The number of carbonyl (C=O) groups is 1. The maximum Gasteiger partial charge on any atom is 0.254 e. The van der Waals surface area contributed by atoms with Gasteiger partial charge in [-0.25, -0.2) is 0 Å². The van der Waals surface area contributed by atoms with E-state index in [0.29, 0.717) is 6.04 Å². The van der Waals surface area contributed by atoms with Crippen molar-refractivity contribution in [2.24, 2.45) is 0 Å². The number of carbonyl (C=O) groups excluding carboxylic acids is 1. The number of hydrogen-bond donors (Lipinski definition) is 1. The predicted molar refractivity (Wildman–Crippen MR) is 78.4 cm³/mol. The fourth-order valence-electron chi connectivity index (χ4n) is 2.85. The zero-order chi connectivity index (χ0) is 13.7. The van der Waals surface area contributed by atoms with Crippen molar-refractivity contribution >= 4 is 5.91 Å². The molecule has 19 heavy (non-hydrogen) atoms. The smallest absolute Gasteiger partial charge is 0.254 e. The summed E-state index contributed by atoms with van der Waals surface area (Å²) in [6.07, 6.45) is 5.71. The van der Waals surface area contributed by atoms with Gasteiger partial charge in [-0.1, -0.05) is 31.0 Å². The molecule has 0 aromatic heterocycles. The summed E-state index contributed by atoms with van der Waals surface area (Å²) in [5.74, 6) is 0.179. The molecule has 0 bridgehead atoms. The highest BCUT2D eigenvalue weighted by molar-refractivity contribution is 5.95. The van der Waals surface area contributed by atoms with Crippen molar-refractivity contribution < 1.29 is 4.79 Å². The minimum atomic E-state index is 0.179. The van der Waals surface area contributed by atoms with Gasteiger partial charge in [0.25, 0.3) is 5.91 Å². The average Bonchev–Trinajstić information content (AvgIpc) is 2.98. The minimum Gasteiger partial charge on any atom is -0.339 e. The lowest BCUT2D eigenvalue weighted by Crippen LogP contribution is -2.35. The molecule has 104 valence electrons. The van der Waals surface area contributed by atoms with Crippen LogP contribution in [0.1, 0.15) is 41.6 Å². The molecular formula is C16H24N2O. The summed E-state index contributed by atoms with van der Waals surface area (Å²) < 4.78 is 0.